The standard InChI is InChI=1S/C20H23FN4O3/c1-13-11-24(12-14(2)28-13)20-22-8-6-19(23-20)25-17(7-9-27-25)15-4-5-18(26-3)16(21)10-15/h4-10,13-14,17H,11-12H2,1-3H3/t13-,14+,17?. The SMILES string of the molecule is COc1ccc(C2C=CON2c2ccnc(N3C[C@@H](C)O[C@@H](C)C3)n2)cc1F. The summed E-state index contributed by atoms with van der Waals surface area (Å²) < 4.78 is 24.9. The summed E-state index contributed by atoms with van der Waals surface area (Å²) >= 11 is 0. The Hall–Kier alpha value is -2.87. The molecular formula is C20H23FN4O3. The summed E-state index contributed by atoms with van der Waals surface area (Å²) in [5, 5.41) is 1.64. The van der Waals surface area contributed by atoms with Crippen LogP contribution in [0.3, 0.4) is 0 Å². The molecule has 28 heavy (non-hydrogen) atoms. The highest BCUT2D eigenvalue weighted by molar-refractivity contribution is 5.47. The Kier molecular flexibility index (Phi) is 5.04. The van der Waals surface area contributed by atoms with Crippen molar-refractivity contribution in [1.29, 1.82) is 0 Å². The quantitative estimate of drug-likeness (QED) is 0.799. The van der Waals surface area contributed by atoms with Crippen LogP contribution in [0.4, 0.5) is 16.2 Å². The van der Waals surface area contributed by atoms with Crippen LogP contribution in [0.5, 0.6) is 5.75 Å². The molecule has 148 valence electrons. The first-order valence-electron chi connectivity index (χ1n) is 9.24. The Balaban J connectivity index is 1.59. The fourth-order valence-corrected chi connectivity index (χ4v) is 3.58. The van der Waals surface area contributed by atoms with Gasteiger partial charge in [0, 0.05) is 25.4 Å². The highest BCUT2D eigenvalue weighted by Crippen LogP contribution is 2.34. The second kappa shape index (κ2) is 7.63. The largest absolute Gasteiger partial charge is 0.494 e. The van der Waals surface area contributed by atoms with Crippen molar-refractivity contribution in [3.8, 4) is 5.75 Å². The third-order valence-electron chi connectivity index (χ3n) is 4.76. The molecule has 2 aliphatic heterocycles. The van der Waals surface area contributed by atoms with Crippen molar-refractivity contribution in [3.05, 3.63) is 54.2 Å². The molecule has 0 amide bonds. The molecule has 1 fully saturated rings. The summed E-state index contributed by atoms with van der Waals surface area (Å²) in [6, 6.07) is 6.34. The second-order valence-electron chi connectivity index (χ2n) is 6.98. The summed E-state index contributed by atoms with van der Waals surface area (Å²) in [5.41, 5.74) is 0.737. The zero-order valence-electron chi connectivity index (χ0n) is 16.1. The number of rotatable bonds is 4. The van der Waals surface area contributed by atoms with Gasteiger partial charge in [0.25, 0.3) is 0 Å². The minimum atomic E-state index is -0.417. The van der Waals surface area contributed by atoms with Gasteiger partial charge in [-0.1, -0.05) is 6.07 Å². The van der Waals surface area contributed by atoms with Gasteiger partial charge in [-0.3, -0.25) is 0 Å². The van der Waals surface area contributed by atoms with Crippen LogP contribution in [0.1, 0.15) is 25.5 Å². The van der Waals surface area contributed by atoms with E-state index in [1.807, 2.05) is 26.0 Å². The van der Waals surface area contributed by atoms with E-state index in [1.54, 1.807) is 29.7 Å². The van der Waals surface area contributed by atoms with E-state index in [4.69, 9.17) is 14.3 Å². The highest BCUT2D eigenvalue weighted by atomic mass is 19.1. The third kappa shape index (κ3) is 3.60. The zero-order valence-corrected chi connectivity index (χ0v) is 16.1. The van der Waals surface area contributed by atoms with Crippen LogP contribution < -0.4 is 14.7 Å². The minimum absolute atomic E-state index is 0.107. The van der Waals surface area contributed by atoms with Gasteiger partial charge in [-0.25, -0.2) is 9.37 Å². The molecule has 1 aromatic carbocycles. The molecule has 3 atom stereocenters. The van der Waals surface area contributed by atoms with E-state index in [0.29, 0.717) is 11.8 Å². The molecule has 4 rings (SSSR count). The zero-order chi connectivity index (χ0) is 19.7. The predicted octanol–water partition coefficient (Wildman–Crippen LogP) is 3.24. The molecule has 0 radical (unpaired) electrons. The van der Waals surface area contributed by atoms with Crippen molar-refractivity contribution in [1.82, 2.24) is 9.97 Å². The summed E-state index contributed by atoms with van der Waals surface area (Å²) in [6.45, 7) is 5.52. The number of methoxy groups -OCH3 is 1. The van der Waals surface area contributed by atoms with E-state index in [1.165, 1.54) is 13.2 Å². The minimum Gasteiger partial charge on any atom is -0.494 e. The van der Waals surface area contributed by atoms with Crippen LogP contribution in [0.25, 0.3) is 0 Å². The van der Waals surface area contributed by atoms with Crippen molar-refractivity contribution < 1.29 is 18.7 Å². The Bertz CT molecular complexity index is 868. The molecule has 0 aliphatic carbocycles. The van der Waals surface area contributed by atoms with E-state index in [9.17, 15) is 4.39 Å². The Morgan fingerprint density at radius 3 is 2.68 bits per heavy atom. The third-order valence-corrected chi connectivity index (χ3v) is 4.76. The lowest BCUT2D eigenvalue weighted by Crippen LogP contribution is -2.46. The predicted molar refractivity (Wildman–Crippen MR) is 103 cm³/mol. The maximum Gasteiger partial charge on any atom is 0.227 e. The van der Waals surface area contributed by atoms with E-state index in [-0.39, 0.29) is 24.0 Å². The van der Waals surface area contributed by atoms with Gasteiger partial charge in [-0.05, 0) is 37.6 Å². The Labute approximate surface area is 163 Å². The number of hydroxylamine groups is 1. The van der Waals surface area contributed by atoms with Gasteiger partial charge in [0.15, 0.2) is 17.4 Å². The van der Waals surface area contributed by atoms with E-state index >= 15 is 0 Å². The first-order valence-corrected chi connectivity index (χ1v) is 9.24. The van der Waals surface area contributed by atoms with Crippen LogP contribution in [-0.4, -0.2) is 42.4 Å². The lowest BCUT2D eigenvalue weighted by Gasteiger charge is -2.35. The Morgan fingerprint density at radius 2 is 1.96 bits per heavy atom. The topological polar surface area (TPSA) is 60.0 Å². The van der Waals surface area contributed by atoms with Gasteiger partial charge in [0.05, 0.1) is 19.3 Å². The number of hydrogen-bond donors (Lipinski definition) is 0. The summed E-state index contributed by atoms with van der Waals surface area (Å²) in [5.74, 6) is 1.01. The maximum absolute atomic E-state index is 14.2. The molecule has 1 saturated heterocycles. The number of aromatic nitrogens is 2. The summed E-state index contributed by atoms with van der Waals surface area (Å²) in [7, 11) is 1.44. The number of hydrogen-bond acceptors (Lipinski definition) is 7. The van der Waals surface area contributed by atoms with E-state index in [2.05, 4.69) is 14.9 Å². The van der Waals surface area contributed by atoms with Crippen LogP contribution in [0.2, 0.25) is 0 Å². The lowest BCUT2D eigenvalue weighted by atomic mass is 10.1. The molecule has 1 aromatic heterocycles. The summed E-state index contributed by atoms with van der Waals surface area (Å²) in [4.78, 5) is 16.9. The van der Waals surface area contributed by atoms with Gasteiger partial charge in [0.1, 0.15) is 12.3 Å². The van der Waals surface area contributed by atoms with Crippen LogP contribution in [-0.2, 0) is 9.57 Å². The molecule has 2 aliphatic rings. The number of anilines is 2. The van der Waals surface area contributed by atoms with E-state index < -0.39 is 5.82 Å². The maximum atomic E-state index is 14.2. The highest BCUT2D eigenvalue weighted by Gasteiger charge is 2.28. The molecule has 2 aromatic rings. The molecule has 0 bridgehead atoms. The fraction of sp³-hybridized carbons (Fsp3) is 0.400. The van der Waals surface area contributed by atoms with E-state index in [0.717, 1.165) is 18.7 Å². The molecule has 1 unspecified atom stereocenters. The normalized spacial score (nSPS) is 24.4. The van der Waals surface area contributed by atoms with Gasteiger partial charge < -0.3 is 19.2 Å². The van der Waals surface area contributed by atoms with Crippen molar-refractivity contribution in [2.45, 2.75) is 32.1 Å². The van der Waals surface area contributed by atoms with Crippen LogP contribution >= 0.6 is 0 Å². The first kappa shape index (κ1) is 18.5. The monoisotopic (exact) mass is 386 g/mol. The number of morpholine rings is 1. The molecule has 0 N–H and O–H groups in total. The van der Waals surface area contributed by atoms with Gasteiger partial charge >= 0.3 is 0 Å². The number of halogens is 1. The number of ether oxygens (including phenoxy) is 2. The Morgan fingerprint density at radius 1 is 1.18 bits per heavy atom. The van der Waals surface area contributed by atoms with Crippen molar-refractivity contribution in [2.75, 3.05) is 30.2 Å². The fourth-order valence-electron chi connectivity index (χ4n) is 3.58. The molecule has 3 heterocycles. The molecular weight excluding hydrogens is 363 g/mol. The smallest absolute Gasteiger partial charge is 0.227 e. The van der Waals surface area contributed by atoms with Gasteiger partial charge in [-0.15, -0.1) is 0 Å². The van der Waals surface area contributed by atoms with Crippen molar-refractivity contribution in [3.63, 3.8) is 0 Å². The first-order chi connectivity index (χ1) is 13.5. The molecule has 7 nitrogen and oxygen atoms in total. The lowest BCUT2D eigenvalue weighted by molar-refractivity contribution is -0.00572. The van der Waals surface area contributed by atoms with Crippen LogP contribution in [0.15, 0.2) is 42.8 Å². The molecule has 0 spiro atoms. The number of nitrogens with zero attached hydrogens (tertiary/aromatic N) is 4. The van der Waals surface area contributed by atoms with Gasteiger partial charge in [-0.2, -0.15) is 10.0 Å². The summed E-state index contributed by atoms with van der Waals surface area (Å²) in [6.07, 6.45) is 5.34. The average Bonchev–Trinajstić information content (AvgIpc) is 3.17. The average molecular weight is 386 g/mol. The molecule has 8 heteroatoms. The van der Waals surface area contributed by atoms with Crippen molar-refractivity contribution in [2.24, 2.45) is 0 Å². The number of benzene rings is 1. The van der Waals surface area contributed by atoms with Crippen LogP contribution in [0, 0.1) is 5.82 Å². The molecule has 0 saturated carbocycles. The van der Waals surface area contributed by atoms with Gasteiger partial charge in [0.2, 0.25) is 5.95 Å². The second-order valence-corrected chi connectivity index (χ2v) is 6.98. The van der Waals surface area contributed by atoms with Crippen molar-refractivity contribution >= 4 is 11.8 Å².